The highest BCUT2D eigenvalue weighted by Crippen LogP contribution is 2.23. The molecule has 2 aromatic carbocycles. The number of benzene rings is 2. The fourth-order valence-corrected chi connectivity index (χ4v) is 3.11. The lowest BCUT2D eigenvalue weighted by Crippen LogP contribution is -2.28. The smallest absolute Gasteiger partial charge is 0.0456 e. The molecule has 0 unspecified atom stereocenters. The second-order valence-corrected chi connectivity index (χ2v) is 6.79. The van der Waals surface area contributed by atoms with Gasteiger partial charge in [0.15, 0.2) is 0 Å². The van der Waals surface area contributed by atoms with Gasteiger partial charge in [-0.15, -0.1) is 0 Å². The van der Waals surface area contributed by atoms with E-state index < -0.39 is 0 Å². The Hall–Kier alpha value is -2.10. The van der Waals surface area contributed by atoms with Gasteiger partial charge in [0.05, 0.1) is 0 Å². The van der Waals surface area contributed by atoms with Crippen molar-refractivity contribution in [3.05, 3.63) is 71.4 Å². The fraction of sp³-hybridized carbons (Fsp3) is 0.333. The van der Waals surface area contributed by atoms with Crippen LogP contribution in [0.2, 0.25) is 0 Å². The molecule has 3 rings (SSSR count). The Kier molecular flexibility index (Phi) is 5.34. The minimum atomic E-state index is 0.521. The number of hydrogen-bond acceptors (Lipinski definition) is 2. The second kappa shape index (κ2) is 7.65. The molecule has 0 amide bonds. The molecule has 3 aromatic rings. The summed E-state index contributed by atoms with van der Waals surface area (Å²) in [5, 5.41) is 1.30. The molecule has 3 heteroatoms. The first kappa shape index (κ1) is 16.7. The molecule has 0 bridgehead atoms. The minimum absolute atomic E-state index is 0.521. The molecule has 1 heterocycles. The molecule has 0 radical (unpaired) electrons. The van der Waals surface area contributed by atoms with Gasteiger partial charge in [0.25, 0.3) is 0 Å². The summed E-state index contributed by atoms with van der Waals surface area (Å²) in [5.74, 6) is 0.521. The lowest BCUT2D eigenvalue weighted by atomic mass is 10.1. The first-order valence-corrected chi connectivity index (χ1v) is 8.73. The summed E-state index contributed by atoms with van der Waals surface area (Å²) in [6.45, 7) is 7.86. The van der Waals surface area contributed by atoms with Crippen LogP contribution in [0.25, 0.3) is 10.9 Å². The third-order valence-electron chi connectivity index (χ3n) is 4.43. The normalized spacial score (nSPS) is 11.7. The van der Waals surface area contributed by atoms with E-state index in [0.717, 1.165) is 19.6 Å². The summed E-state index contributed by atoms with van der Waals surface area (Å²) >= 11 is 0. The molecule has 3 N–H and O–H groups in total. The van der Waals surface area contributed by atoms with Crippen LogP contribution in [0.3, 0.4) is 0 Å². The van der Waals surface area contributed by atoms with E-state index in [-0.39, 0.29) is 0 Å². The maximum Gasteiger partial charge on any atom is 0.0456 e. The monoisotopic (exact) mass is 321 g/mol. The summed E-state index contributed by atoms with van der Waals surface area (Å²) in [6, 6.07) is 19.6. The van der Waals surface area contributed by atoms with Crippen molar-refractivity contribution in [2.24, 2.45) is 5.73 Å². The first-order chi connectivity index (χ1) is 11.7. The van der Waals surface area contributed by atoms with Crippen molar-refractivity contribution in [2.45, 2.75) is 32.9 Å². The van der Waals surface area contributed by atoms with E-state index in [0.29, 0.717) is 12.5 Å². The number of aromatic amines is 1. The number of rotatable bonds is 7. The van der Waals surface area contributed by atoms with Gasteiger partial charge in [-0.3, -0.25) is 4.90 Å². The van der Waals surface area contributed by atoms with Crippen molar-refractivity contribution in [1.29, 1.82) is 0 Å². The predicted molar refractivity (Wildman–Crippen MR) is 102 cm³/mol. The highest BCUT2D eigenvalue weighted by molar-refractivity contribution is 5.81. The van der Waals surface area contributed by atoms with Crippen LogP contribution in [-0.4, -0.2) is 23.0 Å². The molecule has 0 saturated heterocycles. The molecule has 0 aliphatic heterocycles. The third kappa shape index (κ3) is 4.05. The van der Waals surface area contributed by atoms with E-state index in [1.807, 2.05) is 0 Å². The number of aromatic nitrogens is 1. The molecular weight excluding hydrogens is 294 g/mol. The number of nitrogens with two attached hydrogens (primary N) is 1. The quantitative estimate of drug-likeness (QED) is 0.683. The highest BCUT2D eigenvalue weighted by atomic mass is 15.1. The average molecular weight is 321 g/mol. The molecule has 0 fully saturated rings. The Bertz CT molecular complexity index is 774. The van der Waals surface area contributed by atoms with Crippen LogP contribution in [0, 0.1) is 0 Å². The summed E-state index contributed by atoms with van der Waals surface area (Å²) in [5.41, 5.74) is 11.0. The van der Waals surface area contributed by atoms with Gasteiger partial charge in [-0.05, 0) is 40.6 Å². The minimum Gasteiger partial charge on any atom is -0.358 e. The molecular formula is C21H27N3. The summed E-state index contributed by atoms with van der Waals surface area (Å²) < 4.78 is 0. The van der Waals surface area contributed by atoms with Gasteiger partial charge in [0.2, 0.25) is 0 Å². The molecule has 126 valence electrons. The van der Waals surface area contributed by atoms with Gasteiger partial charge in [0, 0.05) is 37.4 Å². The largest absolute Gasteiger partial charge is 0.358 e. The summed E-state index contributed by atoms with van der Waals surface area (Å²) in [4.78, 5) is 5.92. The predicted octanol–water partition coefficient (Wildman–Crippen LogP) is 4.25. The van der Waals surface area contributed by atoms with Crippen LogP contribution in [0.4, 0.5) is 0 Å². The Balaban J connectivity index is 1.77. The van der Waals surface area contributed by atoms with Crippen LogP contribution in [0.1, 0.15) is 36.6 Å². The van der Waals surface area contributed by atoms with Crippen LogP contribution in [0.5, 0.6) is 0 Å². The number of hydrogen-bond donors (Lipinski definition) is 2. The Labute approximate surface area is 144 Å². The van der Waals surface area contributed by atoms with Crippen molar-refractivity contribution in [1.82, 2.24) is 9.88 Å². The lowest BCUT2D eigenvalue weighted by molar-refractivity contribution is 0.264. The van der Waals surface area contributed by atoms with Crippen molar-refractivity contribution < 1.29 is 0 Å². The van der Waals surface area contributed by atoms with Crippen molar-refractivity contribution in [3.63, 3.8) is 0 Å². The highest BCUT2D eigenvalue weighted by Gasteiger charge is 2.09. The van der Waals surface area contributed by atoms with Gasteiger partial charge in [-0.1, -0.05) is 50.2 Å². The zero-order valence-electron chi connectivity index (χ0n) is 14.6. The van der Waals surface area contributed by atoms with Gasteiger partial charge in [-0.2, -0.15) is 0 Å². The standard InChI is InChI=1S/C21H27N3/c1-16(2)21-13-19-12-18(8-9-20(19)23-21)15-24(11-10-22)14-17-6-4-3-5-7-17/h3-9,12-13,16,23H,10-11,14-15,22H2,1-2H3. The van der Waals surface area contributed by atoms with E-state index >= 15 is 0 Å². The number of nitrogens with zero attached hydrogens (tertiary/aromatic N) is 1. The fourth-order valence-electron chi connectivity index (χ4n) is 3.11. The first-order valence-electron chi connectivity index (χ1n) is 8.73. The van der Waals surface area contributed by atoms with Crippen LogP contribution >= 0.6 is 0 Å². The third-order valence-corrected chi connectivity index (χ3v) is 4.43. The Morgan fingerprint density at radius 2 is 1.71 bits per heavy atom. The zero-order chi connectivity index (χ0) is 16.9. The molecule has 24 heavy (non-hydrogen) atoms. The van der Waals surface area contributed by atoms with E-state index in [1.54, 1.807) is 0 Å². The zero-order valence-corrected chi connectivity index (χ0v) is 14.6. The van der Waals surface area contributed by atoms with Crippen molar-refractivity contribution in [2.75, 3.05) is 13.1 Å². The number of nitrogens with one attached hydrogen (secondary N) is 1. The van der Waals surface area contributed by atoms with Crippen molar-refractivity contribution >= 4 is 10.9 Å². The van der Waals surface area contributed by atoms with Crippen LogP contribution in [-0.2, 0) is 13.1 Å². The van der Waals surface area contributed by atoms with Gasteiger partial charge < -0.3 is 10.7 Å². The van der Waals surface area contributed by atoms with Crippen molar-refractivity contribution in [3.8, 4) is 0 Å². The van der Waals surface area contributed by atoms with E-state index in [4.69, 9.17) is 5.73 Å². The lowest BCUT2D eigenvalue weighted by Gasteiger charge is -2.22. The maximum atomic E-state index is 5.82. The summed E-state index contributed by atoms with van der Waals surface area (Å²) in [7, 11) is 0. The SMILES string of the molecule is CC(C)c1cc2cc(CN(CCN)Cc3ccccc3)ccc2[nH]1. The summed E-state index contributed by atoms with van der Waals surface area (Å²) in [6.07, 6.45) is 0. The maximum absolute atomic E-state index is 5.82. The molecule has 0 aliphatic rings. The number of fused-ring (bicyclic) bond motifs is 1. The molecule has 0 aliphatic carbocycles. The van der Waals surface area contributed by atoms with Crippen LogP contribution < -0.4 is 5.73 Å². The number of H-pyrrole nitrogens is 1. The molecule has 0 atom stereocenters. The molecule has 1 aromatic heterocycles. The second-order valence-electron chi connectivity index (χ2n) is 6.79. The van der Waals surface area contributed by atoms with Crippen LogP contribution in [0.15, 0.2) is 54.6 Å². The Morgan fingerprint density at radius 1 is 0.958 bits per heavy atom. The van der Waals surface area contributed by atoms with Gasteiger partial charge in [-0.25, -0.2) is 0 Å². The van der Waals surface area contributed by atoms with E-state index in [1.165, 1.54) is 27.7 Å². The van der Waals surface area contributed by atoms with Gasteiger partial charge in [0.1, 0.15) is 0 Å². The van der Waals surface area contributed by atoms with E-state index in [9.17, 15) is 0 Å². The molecule has 0 saturated carbocycles. The average Bonchev–Trinajstić information content (AvgIpc) is 3.00. The Morgan fingerprint density at radius 3 is 2.42 bits per heavy atom. The topological polar surface area (TPSA) is 45.0 Å². The van der Waals surface area contributed by atoms with Gasteiger partial charge >= 0.3 is 0 Å². The molecule has 3 nitrogen and oxygen atoms in total. The molecule has 0 spiro atoms. The van der Waals surface area contributed by atoms with E-state index in [2.05, 4.69) is 78.3 Å².